The van der Waals surface area contributed by atoms with Gasteiger partial charge in [-0.25, -0.2) is 0 Å². The average Bonchev–Trinajstić information content (AvgIpc) is 3.12. The van der Waals surface area contributed by atoms with E-state index in [0.717, 1.165) is 42.3 Å². The Hall–Kier alpha value is -2.64. The van der Waals surface area contributed by atoms with Crippen LogP contribution >= 0.6 is 11.8 Å². The van der Waals surface area contributed by atoms with E-state index in [1.54, 1.807) is 20.3 Å². The number of fused-ring (bicyclic) bond motifs is 1. The summed E-state index contributed by atoms with van der Waals surface area (Å²) in [7, 11) is 3.19. The summed E-state index contributed by atoms with van der Waals surface area (Å²) in [6.45, 7) is 5.34. The van der Waals surface area contributed by atoms with Crippen molar-refractivity contribution in [1.82, 2.24) is 4.90 Å². The summed E-state index contributed by atoms with van der Waals surface area (Å²) in [5.41, 5.74) is 5.37. The quantitative estimate of drug-likeness (QED) is 0.622. The number of hydrogen-bond donors (Lipinski definition) is 2. The Bertz CT molecular complexity index is 982. The molecule has 7 heteroatoms. The SMILES string of the molecule is CC/C(Nc1ccc(CN2CCSCC2)cc1)=C1/C(=O)Nc2cc(OC)c(OC)cc21. The van der Waals surface area contributed by atoms with Crippen molar-refractivity contribution in [1.29, 1.82) is 0 Å². The van der Waals surface area contributed by atoms with E-state index in [-0.39, 0.29) is 5.91 Å². The molecule has 6 nitrogen and oxygen atoms in total. The highest BCUT2D eigenvalue weighted by molar-refractivity contribution is 7.99. The number of nitrogens with zero attached hydrogens (tertiary/aromatic N) is 1. The summed E-state index contributed by atoms with van der Waals surface area (Å²) >= 11 is 2.03. The van der Waals surface area contributed by atoms with Crippen LogP contribution in [0.4, 0.5) is 11.4 Å². The standard InChI is InChI=1S/C24H29N3O3S/c1-4-19(23-18-13-21(29-2)22(30-3)14-20(18)26-24(23)28)25-17-7-5-16(6-8-17)15-27-9-11-31-12-10-27/h5-8,13-14,25H,4,9-12,15H2,1-3H3,(H,26,28)/b23-19-. The Morgan fingerprint density at radius 1 is 1.10 bits per heavy atom. The van der Waals surface area contributed by atoms with Gasteiger partial charge in [-0.05, 0) is 30.2 Å². The molecular formula is C24H29N3O3S. The van der Waals surface area contributed by atoms with E-state index >= 15 is 0 Å². The molecule has 0 spiro atoms. The summed E-state index contributed by atoms with van der Waals surface area (Å²) in [6, 6.07) is 12.2. The first-order valence-corrected chi connectivity index (χ1v) is 11.7. The molecule has 0 atom stereocenters. The van der Waals surface area contributed by atoms with Crippen LogP contribution in [0, 0.1) is 0 Å². The van der Waals surface area contributed by atoms with Crippen molar-refractivity contribution in [3.05, 3.63) is 53.2 Å². The Balaban J connectivity index is 1.57. The lowest BCUT2D eigenvalue weighted by Crippen LogP contribution is -2.31. The molecule has 1 amide bonds. The van der Waals surface area contributed by atoms with Gasteiger partial charge in [-0.2, -0.15) is 11.8 Å². The van der Waals surface area contributed by atoms with Gasteiger partial charge in [-0.15, -0.1) is 0 Å². The fraction of sp³-hybridized carbons (Fsp3) is 0.375. The third kappa shape index (κ3) is 4.67. The van der Waals surface area contributed by atoms with Crippen molar-refractivity contribution < 1.29 is 14.3 Å². The number of carbonyl (C=O) groups is 1. The summed E-state index contributed by atoms with van der Waals surface area (Å²) in [5, 5.41) is 6.42. The fourth-order valence-electron chi connectivity index (χ4n) is 4.01. The lowest BCUT2D eigenvalue weighted by atomic mass is 10.0. The van der Waals surface area contributed by atoms with Gasteiger partial charge in [-0.1, -0.05) is 19.1 Å². The normalized spacial score (nSPS) is 17.7. The van der Waals surface area contributed by atoms with E-state index in [4.69, 9.17) is 9.47 Å². The van der Waals surface area contributed by atoms with Gasteiger partial charge >= 0.3 is 0 Å². The van der Waals surface area contributed by atoms with Gasteiger partial charge < -0.3 is 20.1 Å². The second-order valence-corrected chi connectivity index (χ2v) is 8.85. The van der Waals surface area contributed by atoms with Crippen LogP contribution in [-0.4, -0.2) is 49.6 Å². The molecule has 4 rings (SSSR count). The molecule has 2 aliphatic heterocycles. The molecule has 0 bridgehead atoms. The molecule has 2 aromatic carbocycles. The fourth-order valence-corrected chi connectivity index (χ4v) is 4.99. The molecule has 164 valence electrons. The highest BCUT2D eigenvalue weighted by Gasteiger charge is 2.29. The van der Waals surface area contributed by atoms with Gasteiger partial charge in [0, 0.05) is 54.2 Å². The third-order valence-electron chi connectivity index (χ3n) is 5.68. The van der Waals surface area contributed by atoms with E-state index < -0.39 is 0 Å². The van der Waals surface area contributed by atoms with Crippen molar-refractivity contribution in [3.8, 4) is 11.5 Å². The van der Waals surface area contributed by atoms with Crippen LogP contribution in [-0.2, 0) is 11.3 Å². The number of anilines is 2. The number of rotatable bonds is 7. The third-order valence-corrected chi connectivity index (χ3v) is 6.63. The summed E-state index contributed by atoms with van der Waals surface area (Å²) < 4.78 is 10.8. The maximum absolute atomic E-state index is 12.8. The average molecular weight is 440 g/mol. The van der Waals surface area contributed by atoms with Gasteiger partial charge in [0.1, 0.15) is 0 Å². The lowest BCUT2D eigenvalue weighted by Gasteiger charge is -2.26. The monoisotopic (exact) mass is 439 g/mol. The second-order valence-electron chi connectivity index (χ2n) is 7.62. The van der Waals surface area contributed by atoms with Crippen LogP contribution in [0.5, 0.6) is 11.5 Å². The molecule has 1 fully saturated rings. The first kappa shape index (κ1) is 21.6. The maximum atomic E-state index is 12.8. The minimum Gasteiger partial charge on any atom is -0.493 e. The minimum atomic E-state index is -0.116. The molecule has 2 aliphatic rings. The zero-order valence-corrected chi connectivity index (χ0v) is 19.1. The Labute approximate surface area is 188 Å². The van der Waals surface area contributed by atoms with E-state index in [2.05, 4.69) is 39.8 Å². The number of ether oxygens (including phenoxy) is 2. The Kier molecular flexibility index (Phi) is 6.73. The van der Waals surface area contributed by atoms with Gasteiger partial charge in [0.15, 0.2) is 11.5 Å². The number of allylic oxidation sites excluding steroid dienone is 1. The van der Waals surface area contributed by atoms with Crippen LogP contribution in [0.2, 0.25) is 0 Å². The zero-order valence-electron chi connectivity index (χ0n) is 18.3. The number of methoxy groups -OCH3 is 2. The van der Waals surface area contributed by atoms with Gasteiger partial charge in [0.25, 0.3) is 5.91 Å². The molecule has 2 aromatic rings. The molecular weight excluding hydrogens is 410 g/mol. The van der Waals surface area contributed by atoms with Gasteiger partial charge in [0.2, 0.25) is 0 Å². The highest BCUT2D eigenvalue weighted by Crippen LogP contribution is 2.42. The first-order valence-electron chi connectivity index (χ1n) is 10.6. The van der Waals surface area contributed by atoms with Crippen molar-refractivity contribution in [2.75, 3.05) is 49.4 Å². The largest absolute Gasteiger partial charge is 0.493 e. The van der Waals surface area contributed by atoms with E-state index in [9.17, 15) is 4.79 Å². The van der Waals surface area contributed by atoms with Crippen LogP contribution in [0.25, 0.3) is 5.57 Å². The predicted octanol–water partition coefficient (Wildman–Crippen LogP) is 4.44. The van der Waals surface area contributed by atoms with Gasteiger partial charge in [-0.3, -0.25) is 9.69 Å². The molecule has 1 saturated heterocycles. The molecule has 2 heterocycles. The Morgan fingerprint density at radius 2 is 1.77 bits per heavy atom. The lowest BCUT2D eigenvalue weighted by molar-refractivity contribution is -0.110. The van der Waals surface area contributed by atoms with Crippen molar-refractivity contribution >= 4 is 34.6 Å². The van der Waals surface area contributed by atoms with Crippen molar-refractivity contribution in [3.63, 3.8) is 0 Å². The molecule has 2 N–H and O–H groups in total. The van der Waals surface area contributed by atoms with E-state index in [0.29, 0.717) is 23.5 Å². The summed E-state index contributed by atoms with van der Waals surface area (Å²) in [4.78, 5) is 15.3. The molecule has 0 saturated carbocycles. The number of carbonyl (C=O) groups excluding carboxylic acids is 1. The molecule has 31 heavy (non-hydrogen) atoms. The van der Waals surface area contributed by atoms with Crippen LogP contribution < -0.4 is 20.1 Å². The maximum Gasteiger partial charge on any atom is 0.258 e. The summed E-state index contributed by atoms with van der Waals surface area (Å²) in [5.74, 6) is 3.51. The van der Waals surface area contributed by atoms with Crippen molar-refractivity contribution in [2.24, 2.45) is 0 Å². The molecule has 0 unspecified atom stereocenters. The predicted molar refractivity (Wildman–Crippen MR) is 128 cm³/mol. The zero-order chi connectivity index (χ0) is 21.8. The number of amides is 1. The van der Waals surface area contributed by atoms with Gasteiger partial charge in [0.05, 0.1) is 25.5 Å². The smallest absolute Gasteiger partial charge is 0.258 e. The summed E-state index contributed by atoms with van der Waals surface area (Å²) in [6.07, 6.45) is 0.698. The second kappa shape index (κ2) is 9.66. The molecule has 0 radical (unpaired) electrons. The van der Waals surface area contributed by atoms with E-state index in [1.807, 2.05) is 24.8 Å². The number of thioether (sulfide) groups is 1. The highest BCUT2D eigenvalue weighted by atomic mass is 32.2. The first-order chi connectivity index (χ1) is 15.1. The number of hydrogen-bond acceptors (Lipinski definition) is 6. The van der Waals surface area contributed by atoms with Crippen LogP contribution in [0.15, 0.2) is 42.1 Å². The van der Waals surface area contributed by atoms with E-state index in [1.165, 1.54) is 17.1 Å². The molecule has 0 aliphatic carbocycles. The minimum absolute atomic E-state index is 0.116. The van der Waals surface area contributed by atoms with Crippen molar-refractivity contribution in [2.45, 2.75) is 19.9 Å². The number of benzene rings is 2. The number of nitrogens with one attached hydrogen (secondary N) is 2. The Morgan fingerprint density at radius 3 is 2.42 bits per heavy atom. The van der Waals surface area contributed by atoms with Crippen LogP contribution in [0.3, 0.4) is 0 Å². The molecule has 0 aromatic heterocycles. The van der Waals surface area contributed by atoms with Crippen LogP contribution in [0.1, 0.15) is 24.5 Å². The topological polar surface area (TPSA) is 62.8 Å².